The Labute approximate surface area is 187 Å². The van der Waals surface area contributed by atoms with Crippen LogP contribution in [-0.4, -0.2) is 45.9 Å². The van der Waals surface area contributed by atoms with Crippen LogP contribution in [0.3, 0.4) is 0 Å². The predicted octanol–water partition coefficient (Wildman–Crippen LogP) is 4.37. The van der Waals surface area contributed by atoms with Crippen molar-refractivity contribution < 1.29 is 19.2 Å². The van der Waals surface area contributed by atoms with Crippen LogP contribution < -0.4 is 10.1 Å². The zero-order valence-electron chi connectivity index (χ0n) is 18.2. The van der Waals surface area contributed by atoms with Crippen LogP contribution in [0.1, 0.15) is 67.4 Å². The van der Waals surface area contributed by atoms with Gasteiger partial charge >= 0.3 is 0 Å². The molecular formula is C23H28ClN3O4. The SMILES string of the molecule is CCN(CC)C(=O)c1ccc2c(c1)[C@@H](Nc1noc3c1C=C(Cl)CC3)[C@H](O)C(C)(C)O2. The number of nitrogens with zero attached hydrogens (tertiary/aromatic N) is 2. The van der Waals surface area contributed by atoms with Gasteiger partial charge in [0.1, 0.15) is 23.2 Å². The Hall–Kier alpha value is -2.51. The molecule has 1 aromatic heterocycles. The number of aryl methyl sites for hydroxylation is 1. The number of hydrogen-bond donors (Lipinski definition) is 2. The zero-order valence-corrected chi connectivity index (χ0v) is 19.0. The molecule has 2 N–H and O–H groups in total. The maximum atomic E-state index is 12.9. The highest BCUT2D eigenvalue weighted by Gasteiger charge is 2.44. The van der Waals surface area contributed by atoms with Crippen molar-refractivity contribution in [2.75, 3.05) is 18.4 Å². The maximum absolute atomic E-state index is 12.9. The molecule has 7 nitrogen and oxygen atoms in total. The van der Waals surface area contributed by atoms with Crippen LogP contribution >= 0.6 is 11.6 Å². The summed E-state index contributed by atoms with van der Waals surface area (Å²) in [5.41, 5.74) is 1.21. The van der Waals surface area contributed by atoms with Gasteiger partial charge in [-0.2, -0.15) is 0 Å². The summed E-state index contributed by atoms with van der Waals surface area (Å²) in [6, 6.07) is 4.81. The highest BCUT2D eigenvalue weighted by molar-refractivity contribution is 6.31. The molecule has 0 unspecified atom stereocenters. The molecule has 1 aliphatic heterocycles. The van der Waals surface area contributed by atoms with E-state index in [4.69, 9.17) is 20.9 Å². The molecule has 166 valence electrons. The van der Waals surface area contributed by atoms with Gasteiger partial charge in [0, 0.05) is 35.7 Å². The van der Waals surface area contributed by atoms with Gasteiger partial charge in [-0.15, -0.1) is 0 Å². The van der Waals surface area contributed by atoms with Crippen LogP contribution in [0.15, 0.2) is 27.8 Å². The van der Waals surface area contributed by atoms with Crippen LogP contribution in [0.5, 0.6) is 5.75 Å². The number of halogens is 1. The van der Waals surface area contributed by atoms with Gasteiger partial charge in [-0.05, 0) is 58.4 Å². The molecule has 0 saturated heterocycles. The number of rotatable bonds is 5. The number of anilines is 1. The third-order valence-electron chi connectivity index (χ3n) is 6.03. The summed E-state index contributed by atoms with van der Waals surface area (Å²) in [6.07, 6.45) is 2.35. The highest BCUT2D eigenvalue weighted by atomic mass is 35.5. The monoisotopic (exact) mass is 445 g/mol. The molecule has 8 heteroatoms. The number of carbonyl (C=O) groups excluding carboxylic acids is 1. The molecule has 2 aromatic rings. The molecule has 0 spiro atoms. The molecule has 2 atom stereocenters. The lowest BCUT2D eigenvalue weighted by Gasteiger charge is -2.42. The molecule has 31 heavy (non-hydrogen) atoms. The number of hydrogen-bond acceptors (Lipinski definition) is 6. The average molecular weight is 446 g/mol. The van der Waals surface area contributed by atoms with Crippen molar-refractivity contribution in [1.29, 1.82) is 0 Å². The predicted molar refractivity (Wildman–Crippen MR) is 119 cm³/mol. The summed E-state index contributed by atoms with van der Waals surface area (Å²) >= 11 is 6.24. The number of fused-ring (bicyclic) bond motifs is 2. The minimum atomic E-state index is -0.894. The van der Waals surface area contributed by atoms with Crippen molar-refractivity contribution >= 4 is 29.4 Å². The second kappa shape index (κ2) is 8.20. The van der Waals surface area contributed by atoms with Crippen molar-refractivity contribution in [1.82, 2.24) is 10.1 Å². The summed E-state index contributed by atoms with van der Waals surface area (Å²) < 4.78 is 11.6. The molecule has 1 aliphatic carbocycles. The first-order valence-electron chi connectivity index (χ1n) is 10.7. The molecule has 0 fully saturated rings. The fourth-order valence-electron chi connectivity index (χ4n) is 4.16. The molecule has 2 aliphatic rings. The molecule has 0 saturated carbocycles. The summed E-state index contributed by atoms with van der Waals surface area (Å²) in [6.45, 7) is 8.81. The first-order valence-corrected chi connectivity index (χ1v) is 11.0. The van der Waals surface area contributed by atoms with Gasteiger partial charge in [-0.25, -0.2) is 0 Å². The van der Waals surface area contributed by atoms with E-state index >= 15 is 0 Å². The topological polar surface area (TPSA) is 87.8 Å². The quantitative estimate of drug-likeness (QED) is 0.710. The fourth-order valence-corrected chi connectivity index (χ4v) is 4.36. The van der Waals surface area contributed by atoms with Crippen LogP contribution in [0.4, 0.5) is 5.82 Å². The molecule has 4 rings (SSSR count). The second-order valence-corrected chi connectivity index (χ2v) is 8.95. The van der Waals surface area contributed by atoms with E-state index in [1.54, 1.807) is 23.1 Å². The van der Waals surface area contributed by atoms with Gasteiger partial charge in [0.15, 0.2) is 5.82 Å². The fraction of sp³-hybridized carbons (Fsp3) is 0.478. The Morgan fingerprint density at radius 2 is 2.06 bits per heavy atom. The molecule has 1 amide bonds. The summed E-state index contributed by atoms with van der Waals surface area (Å²) in [5, 5.41) is 19.4. The Bertz CT molecular complexity index is 1030. The Morgan fingerprint density at radius 1 is 1.32 bits per heavy atom. The third kappa shape index (κ3) is 3.92. The summed E-state index contributed by atoms with van der Waals surface area (Å²) in [4.78, 5) is 14.7. The van der Waals surface area contributed by atoms with Crippen molar-refractivity contribution in [2.45, 2.75) is 58.3 Å². The normalized spacial score (nSPS) is 21.4. The number of ether oxygens (including phenoxy) is 1. The smallest absolute Gasteiger partial charge is 0.253 e. The number of amides is 1. The van der Waals surface area contributed by atoms with E-state index in [9.17, 15) is 9.90 Å². The molecule has 0 radical (unpaired) electrons. The Kier molecular flexibility index (Phi) is 5.75. The van der Waals surface area contributed by atoms with Crippen LogP contribution in [0.2, 0.25) is 0 Å². The standard InChI is InChI=1S/C23H28ClN3O4/c1-5-27(6-2)22(29)13-7-9-17-15(11-13)19(20(28)23(3,4)30-17)25-21-16-12-14(24)8-10-18(16)31-26-21/h7,9,11-12,19-20,28H,5-6,8,10H2,1-4H3,(H,25,26)/t19-,20+/m1/s1. The van der Waals surface area contributed by atoms with E-state index in [1.165, 1.54) is 0 Å². The largest absolute Gasteiger partial charge is 0.485 e. The summed E-state index contributed by atoms with van der Waals surface area (Å²) in [5.74, 6) is 1.84. The van der Waals surface area contributed by atoms with Crippen molar-refractivity contribution in [3.63, 3.8) is 0 Å². The first kappa shape index (κ1) is 21.7. The van der Waals surface area contributed by atoms with Gasteiger partial charge in [-0.3, -0.25) is 4.79 Å². The number of aliphatic hydroxyl groups excluding tert-OH is 1. The number of benzene rings is 1. The van der Waals surface area contributed by atoms with E-state index in [1.807, 2.05) is 33.8 Å². The van der Waals surface area contributed by atoms with Crippen molar-refractivity contribution in [3.05, 3.63) is 45.7 Å². The van der Waals surface area contributed by atoms with Gasteiger partial charge in [0.05, 0.1) is 11.6 Å². The minimum absolute atomic E-state index is 0.0561. The number of allylic oxidation sites excluding steroid dienone is 1. The van der Waals surface area contributed by atoms with Gasteiger partial charge in [-0.1, -0.05) is 16.8 Å². The van der Waals surface area contributed by atoms with E-state index in [2.05, 4.69) is 10.5 Å². The second-order valence-electron chi connectivity index (χ2n) is 8.46. The first-order chi connectivity index (χ1) is 14.7. The lowest BCUT2D eigenvalue weighted by Crippen LogP contribution is -2.50. The van der Waals surface area contributed by atoms with Gasteiger partial charge in [0.25, 0.3) is 5.91 Å². The highest BCUT2D eigenvalue weighted by Crippen LogP contribution is 2.43. The van der Waals surface area contributed by atoms with E-state index in [0.717, 1.165) is 22.8 Å². The molecular weight excluding hydrogens is 418 g/mol. The Morgan fingerprint density at radius 3 is 2.77 bits per heavy atom. The van der Waals surface area contributed by atoms with Crippen LogP contribution in [0, 0.1) is 0 Å². The van der Waals surface area contributed by atoms with E-state index < -0.39 is 17.7 Å². The lowest BCUT2D eigenvalue weighted by atomic mass is 9.85. The van der Waals surface area contributed by atoms with E-state index in [0.29, 0.717) is 42.2 Å². The van der Waals surface area contributed by atoms with Crippen molar-refractivity contribution in [2.24, 2.45) is 0 Å². The molecule has 2 heterocycles. The number of carbonyl (C=O) groups is 1. The average Bonchev–Trinajstić information content (AvgIpc) is 3.13. The number of aromatic nitrogens is 1. The van der Waals surface area contributed by atoms with Crippen LogP contribution in [-0.2, 0) is 6.42 Å². The number of aliphatic hydroxyl groups is 1. The molecule has 0 bridgehead atoms. The maximum Gasteiger partial charge on any atom is 0.253 e. The van der Waals surface area contributed by atoms with E-state index in [-0.39, 0.29) is 5.91 Å². The summed E-state index contributed by atoms with van der Waals surface area (Å²) in [7, 11) is 0. The third-order valence-corrected chi connectivity index (χ3v) is 6.33. The number of nitrogens with one attached hydrogen (secondary N) is 1. The molecule has 1 aromatic carbocycles. The van der Waals surface area contributed by atoms with Gasteiger partial charge < -0.3 is 24.6 Å². The minimum Gasteiger partial charge on any atom is -0.485 e. The lowest BCUT2D eigenvalue weighted by molar-refractivity contribution is -0.0533. The zero-order chi connectivity index (χ0) is 22.3. The van der Waals surface area contributed by atoms with Gasteiger partial charge in [0.2, 0.25) is 0 Å². The Balaban J connectivity index is 1.74. The van der Waals surface area contributed by atoms with Crippen LogP contribution in [0.25, 0.3) is 6.08 Å². The van der Waals surface area contributed by atoms with Crippen molar-refractivity contribution in [3.8, 4) is 5.75 Å².